The van der Waals surface area contributed by atoms with Gasteiger partial charge in [-0.3, -0.25) is 20.0 Å². The van der Waals surface area contributed by atoms with Crippen LogP contribution in [0.5, 0.6) is 0 Å². The summed E-state index contributed by atoms with van der Waals surface area (Å²) in [4.78, 5) is 30.7. The van der Waals surface area contributed by atoms with Crippen LogP contribution in [-0.2, 0) is 11.3 Å². The van der Waals surface area contributed by atoms with Crippen molar-refractivity contribution in [2.24, 2.45) is 0 Å². The quantitative estimate of drug-likeness (QED) is 0.839. The SMILES string of the molecule is Cc1ccncc1C1=CCN([C@@H](C)C(=O)NC(=O)NCc2ccccc2)CC1. The number of hydrogen-bond donors (Lipinski definition) is 2. The van der Waals surface area contributed by atoms with E-state index in [0.717, 1.165) is 18.5 Å². The number of benzene rings is 1. The van der Waals surface area contributed by atoms with Gasteiger partial charge in [0.1, 0.15) is 0 Å². The molecule has 1 aliphatic rings. The Morgan fingerprint density at radius 1 is 1.21 bits per heavy atom. The van der Waals surface area contributed by atoms with Gasteiger partial charge in [-0.15, -0.1) is 0 Å². The van der Waals surface area contributed by atoms with Gasteiger partial charge in [0.15, 0.2) is 0 Å². The fourth-order valence-electron chi connectivity index (χ4n) is 3.29. The van der Waals surface area contributed by atoms with Crippen molar-refractivity contribution in [2.75, 3.05) is 13.1 Å². The monoisotopic (exact) mass is 378 g/mol. The molecule has 6 nitrogen and oxygen atoms in total. The van der Waals surface area contributed by atoms with Gasteiger partial charge in [0.2, 0.25) is 5.91 Å². The van der Waals surface area contributed by atoms with Gasteiger partial charge >= 0.3 is 6.03 Å². The standard InChI is InChI=1S/C22H26N4O2/c1-16-8-11-23-15-20(16)19-9-12-26(13-10-19)17(2)21(27)25-22(28)24-14-18-6-4-3-5-7-18/h3-9,11,15,17H,10,12-14H2,1-2H3,(H2,24,25,27,28)/t17-/m0/s1. The largest absolute Gasteiger partial charge is 0.334 e. The van der Waals surface area contributed by atoms with Gasteiger partial charge in [0, 0.05) is 32.0 Å². The molecular formula is C22H26N4O2. The van der Waals surface area contributed by atoms with Crippen LogP contribution in [0.25, 0.3) is 5.57 Å². The lowest BCUT2D eigenvalue weighted by Gasteiger charge is -2.31. The predicted molar refractivity (Wildman–Crippen MR) is 109 cm³/mol. The molecule has 3 rings (SSSR count). The molecule has 0 bridgehead atoms. The molecule has 3 amide bonds. The van der Waals surface area contributed by atoms with Gasteiger partial charge in [-0.25, -0.2) is 4.79 Å². The fourth-order valence-corrected chi connectivity index (χ4v) is 3.29. The molecule has 0 radical (unpaired) electrons. The van der Waals surface area contributed by atoms with E-state index in [1.54, 1.807) is 6.20 Å². The normalized spacial score (nSPS) is 15.4. The number of aryl methyl sites for hydroxylation is 1. The minimum Gasteiger partial charge on any atom is -0.334 e. The summed E-state index contributed by atoms with van der Waals surface area (Å²) in [7, 11) is 0. The smallest absolute Gasteiger partial charge is 0.321 e. The Kier molecular flexibility index (Phi) is 6.55. The molecule has 1 atom stereocenters. The summed E-state index contributed by atoms with van der Waals surface area (Å²) in [6.45, 7) is 5.72. The molecule has 0 fully saturated rings. The molecule has 2 aromatic rings. The van der Waals surface area contributed by atoms with E-state index in [4.69, 9.17) is 0 Å². The number of urea groups is 1. The lowest BCUT2D eigenvalue weighted by molar-refractivity contribution is -0.124. The number of nitrogens with zero attached hydrogens (tertiary/aromatic N) is 2. The first kappa shape index (κ1) is 19.8. The van der Waals surface area contributed by atoms with Crippen molar-refractivity contribution >= 4 is 17.5 Å². The third kappa shape index (κ3) is 5.04. The second-order valence-electron chi connectivity index (χ2n) is 7.00. The van der Waals surface area contributed by atoms with E-state index in [0.29, 0.717) is 13.1 Å². The maximum atomic E-state index is 12.4. The Labute approximate surface area is 165 Å². The van der Waals surface area contributed by atoms with Crippen LogP contribution in [0.4, 0.5) is 4.79 Å². The molecule has 0 aliphatic carbocycles. The Morgan fingerprint density at radius 2 is 2.00 bits per heavy atom. The van der Waals surface area contributed by atoms with Crippen LogP contribution in [0, 0.1) is 6.92 Å². The maximum absolute atomic E-state index is 12.4. The average Bonchev–Trinajstić information content (AvgIpc) is 2.73. The van der Waals surface area contributed by atoms with E-state index in [9.17, 15) is 9.59 Å². The number of nitrogens with one attached hydrogen (secondary N) is 2. The van der Waals surface area contributed by atoms with Crippen molar-refractivity contribution in [3.8, 4) is 0 Å². The van der Waals surface area contributed by atoms with Crippen molar-refractivity contribution < 1.29 is 9.59 Å². The third-order valence-corrected chi connectivity index (χ3v) is 5.09. The molecule has 0 saturated carbocycles. The molecular weight excluding hydrogens is 352 g/mol. The molecule has 0 saturated heterocycles. The summed E-state index contributed by atoms with van der Waals surface area (Å²) >= 11 is 0. The Hall–Kier alpha value is -2.99. The van der Waals surface area contributed by atoms with E-state index < -0.39 is 6.03 Å². The lowest BCUT2D eigenvalue weighted by Crippen LogP contribution is -2.50. The topological polar surface area (TPSA) is 74.3 Å². The van der Waals surface area contributed by atoms with E-state index >= 15 is 0 Å². The molecule has 146 valence electrons. The summed E-state index contributed by atoms with van der Waals surface area (Å²) < 4.78 is 0. The van der Waals surface area contributed by atoms with Gasteiger partial charge in [-0.1, -0.05) is 36.4 Å². The summed E-state index contributed by atoms with van der Waals surface area (Å²) in [5, 5.41) is 5.15. The van der Waals surface area contributed by atoms with Crippen LogP contribution in [-0.4, -0.2) is 41.0 Å². The second kappa shape index (κ2) is 9.28. The van der Waals surface area contributed by atoms with E-state index in [2.05, 4.69) is 33.5 Å². The number of carbonyl (C=O) groups excluding carboxylic acids is 2. The molecule has 1 aliphatic heterocycles. The zero-order chi connectivity index (χ0) is 19.9. The van der Waals surface area contributed by atoms with Crippen molar-refractivity contribution in [2.45, 2.75) is 32.9 Å². The average molecular weight is 378 g/mol. The highest BCUT2D eigenvalue weighted by molar-refractivity contribution is 5.96. The van der Waals surface area contributed by atoms with Crippen LogP contribution < -0.4 is 10.6 Å². The molecule has 1 aromatic carbocycles. The molecule has 6 heteroatoms. The summed E-state index contributed by atoms with van der Waals surface area (Å²) in [6.07, 6.45) is 6.69. The highest BCUT2D eigenvalue weighted by Gasteiger charge is 2.25. The number of pyridine rings is 1. The lowest BCUT2D eigenvalue weighted by atomic mass is 9.97. The Bertz CT molecular complexity index is 864. The number of imide groups is 1. The number of aromatic nitrogens is 1. The van der Waals surface area contributed by atoms with Crippen molar-refractivity contribution in [3.63, 3.8) is 0 Å². The Morgan fingerprint density at radius 3 is 2.68 bits per heavy atom. The van der Waals surface area contributed by atoms with Gasteiger partial charge in [-0.2, -0.15) is 0 Å². The number of carbonyl (C=O) groups is 2. The number of amides is 3. The number of hydrogen-bond acceptors (Lipinski definition) is 4. The van der Waals surface area contributed by atoms with E-state index in [-0.39, 0.29) is 11.9 Å². The van der Waals surface area contributed by atoms with Crippen LogP contribution in [0.2, 0.25) is 0 Å². The summed E-state index contributed by atoms with van der Waals surface area (Å²) in [5.74, 6) is -0.292. The second-order valence-corrected chi connectivity index (χ2v) is 7.00. The van der Waals surface area contributed by atoms with E-state index in [1.807, 2.05) is 49.5 Å². The number of rotatable bonds is 5. The molecule has 28 heavy (non-hydrogen) atoms. The van der Waals surface area contributed by atoms with Crippen LogP contribution in [0.3, 0.4) is 0 Å². The molecule has 2 N–H and O–H groups in total. The van der Waals surface area contributed by atoms with Crippen molar-refractivity contribution in [3.05, 3.63) is 71.6 Å². The first-order valence-electron chi connectivity index (χ1n) is 9.51. The van der Waals surface area contributed by atoms with Crippen molar-refractivity contribution in [1.82, 2.24) is 20.5 Å². The predicted octanol–water partition coefficient (Wildman–Crippen LogP) is 2.89. The summed E-state index contributed by atoms with van der Waals surface area (Å²) in [5.41, 5.74) is 4.61. The first-order chi connectivity index (χ1) is 13.5. The minimum atomic E-state index is -0.472. The molecule has 0 unspecified atom stereocenters. The highest BCUT2D eigenvalue weighted by atomic mass is 16.2. The van der Waals surface area contributed by atoms with Gasteiger partial charge in [0.25, 0.3) is 0 Å². The Balaban J connectivity index is 1.50. The molecule has 1 aromatic heterocycles. The zero-order valence-electron chi connectivity index (χ0n) is 16.3. The first-order valence-corrected chi connectivity index (χ1v) is 9.51. The molecule has 0 spiro atoms. The fraction of sp³-hybridized carbons (Fsp3) is 0.318. The third-order valence-electron chi connectivity index (χ3n) is 5.09. The summed E-state index contributed by atoms with van der Waals surface area (Å²) in [6, 6.07) is 10.7. The molecule has 2 heterocycles. The highest BCUT2D eigenvalue weighted by Crippen LogP contribution is 2.25. The van der Waals surface area contributed by atoms with Crippen LogP contribution in [0.1, 0.15) is 30.0 Å². The van der Waals surface area contributed by atoms with E-state index in [1.165, 1.54) is 16.7 Å². The maximum Gasteiger partial charge on any atom is 0.321 e. The van der Waals surface area contributed by atoms with Crippen LogP contribution in [0.15, 0.2) is 54.9 Å². The van der Waals surface area contributed by atoms with Gasteiger partial charge in [0.05, 0.1) is 6.04 Å². The minimum absolute atomic E-state index is 0.292. The zero-order valence-corrected chi connectivity index (χ0v) is 16.3. The van der Waals surface area contributed by atoms with Crippen molar-refractivity contribution in [1.29, 1.82) is 0 Å². The van der Waals surface area contributed by atoms with Gasteiger partial charge in [-0.05, 0) is 48.6 Å². The van der Waals surface area contributed by atoms with Crippen LogP contribution >= 0.6 is 0 Å². The van der Waals surface area contributed by atoms with Gasteiger partial charge < -0.3 is 5.32 Å².